The summed E-state index contributed by atoms with van der Waals surface area (Å²) in [6, 6.07) is 7.93. The van der Waals surface area contributed by atoms with E-state index in [4.69, 9.17) is 4.74 Å². The zero-order chi connectivity index (χ0) is 25.7. The van der Waals surface area contributed by atoms with Crippen molar-refractivity contribution in [2.45, 2.75) is 23.0 Å². The van der Waals surface area contributed by atoms with Crippen LogP contribution in [-0.4, -0.2) is 67.1 Å². The molecule has 2 atom stereocenters. The van der Waals surface area contributed by atoms with Gasteiger partial charge in [-0.1, -0.05) is 5.92 Å². The minimum atomic E-state index is -2.67. The number of carbonyl (C=O) groups is 1. The molecular weight excluding hydrogens is 493 g/mol. The molecule has 1 aromatic carbocycles. The van der Waals surface area contributed by atoms with Crippen LogP contribution < -0.4 is 26.0 Å². The van der Waals surface area contributed by atoms with Crippen molar-refractivity contribution in [2.75, 3.05) is 44.4 Å². The number of hydrogen-bond acceptors (Lipinski definition) is 7. The van der Waals surface area contributed by atoms with Gasteiger partial charge < -0.3 is 26.0 Å². The van der Waals surface area contributed by atoms with E-state index >= 15 is 0 Å². The second kappa shape index (κ2) is 11.5. The fourth-order valence-electron chi connectivity index (χ4n) is 3.82. The van der Waals surface area contributed by atoms with Crippen LogP contribution in [0.2, 0.25) is 0 Å². The summed E-state index contributed by atoms with van der Waals surface area (Å²) in [5, 5.41) is 11.9. The van der Waals surface area contributed by atoms with Gasteiger partial charge in [0.2, 0.25) is 0 Å². The Balaban J connectivity index is 1.57. The number of nitrogens with zero attached hydrogens (tertiary/aromatic N) is 2. The highest BCUT2D eigenvalue weighted by atomic mass is 32.2. The molecule has 12 heteroatoms. The van der Waals surface area contributed by atoms with E-state index in [1.165, 1.54) is 11.5 Å². The number of methoxy groups -OCH3 is 1. The number of aromatic nitrogens is 2. The van der Waals surface area contributed by atoms with Crippen molar-refractivity contribution in [3.05, 3.63) is 47.8 Å². The summed E-state index contributed by atoms with van der Waals surface area (Å²) in [7, 11) is 3.03. The van der Waals surface area contributed by atoms with Gasteiger partial charge in [0.05, 0.1) is 31.1 Å². The first-order valence-electron chi connectivity index (χ1n) is 11.1. The number of amides is 1. The smallest absolute Gasteiger partial charge is 0.290 e. The Morgan fingerprint density at radius 2 is 2.17 bits per heavy atom. The number of ether oxygens (including phenoxy) is 1. The molecule has 1 aliphatic heterocycles. The van der Waals surface area contributed by atoms with Crippen LogP contribution in [0.1, 0.15) is 16.1 Å². The lowest BCUT2D eigenvalue weighted by atomic mass is 10.1. The number of hydrogen-bond donors (Lipinski definition) is 4. The molecule has 1 fully saturated rings. The van der Waals surface area contributed by atoms with Gasteiger partial charge in [-0.05, 0) is 48.0 Å². The molecule has 190 valence electrons. The van der Waals surface area contributed by atoms with Crippen LogP contribution in [0.15, 0.2) is 41.6 Å². The first kappa shape index (κ1) is 25.5. The molecule has 0 radical (unpaired) electrons. The minimum Gasteiger partial charge on any atom is -0.495 e. The lowest BCUT2D eigenvalue weighted by Crippen LogP contribution is -2.29. The summed E-state index contributed by atoms with van der Waals surface area (Å²) >= 11 is 0.352. The van der Waals surface area contributed by atoms with Crippen LogP contribution in [0.3, 0.4) is 0 Å². The summed E-state index contributed by atoms with van der Waals surface area (Å²) in [5.74, 6) is 3.32. The maximum atomic E-state index is 14.1. The number of fused-ring (bicyclic) bond motifs is 1. The maximum absolute atomic E-state index is 14.1. The molecule has 4 rings (SSSR count). The normalized spacial score (nSPS) is 17.1. The van der Waals surface area contributed by atoms with Gasteiger partial charge in [-0.2, -0.15) is 8.78 Å². The Bertz CT molecular complexity index is 1310. The van der Waals surface area contributed by atoms with Gasteiger partial charge in [0, 0.05) is 31.9 Å². The Labute approximate surface area is 210 Å². The summed E-state index contributed by atoms with van der Waals surface area (Å²) < 4.78 is 47.7. The zero-order valence-corrected chi connectivity index (χ0v) is 20.4. The second-order valence-electron chi connectivity index (χ2n) is 7.83. The van der Waals surface area contributed by atoms with Crippen molar-refractivity contribution in [3.63, 3.8) is 0 Å². The van der Waals surface area contributed by atoms with Crippen molar-refractivity contribution in [1.29, 1.82) is 0 Å². The second-order valence-corrected chi connectivity index (χ2v) is 8.81. The van der Waals surface area contributed by atoms with E-state index in [2.05, 4.69) is 38.1 Å². The fraction of sp³-hybridized carbons (Fsp3) is 0.333. The third-order valence-corrected chi connectivity index (χ3v) is 6.34. The van der Waals surface area contributed by atoms with Gasteiger partial charge in [0.25, 0.3) is 11.7 Å². The Morgan fingerprint density at radius 3 is 2.86 bits per heavy atom. The highest BCUT2D eigenvalue weighted by Crippen LogP contribution is 2.32. The summed E-state index contributed by atoms with van der Waals surface area (Å²) in [4.78, 5) is 16.3. The van der Waals surface area contributed by atoms with Crippen LogP contribution in [0.4, 0.5) is 24.5 Å². The maximum Gasteiger partial charge on any atom is 0.290 e. The van der Waals surface area contributed by atoms with Crippen molar-refractivity contribution in [2.24, 2.45) is 0 Å². The van der Waals surface area contributed by atoms with Gasteiger partial charge in [-0.3, -0.25) is 9.20 Å². The number of benzene rings is 1. The molecule has 0 aliphatic carbocycles. The van der Waals surface area contributed by atoms with Gasteiger partial charge >= 0.3 is 0 Å². The van der Waals surface area contributed by atoms with Crippen LogP contribution in [0, 0.1) is 11.8 Å². The first-order chi connectivity index (χ1) is 17.4. The molecule has 3 aromatic rings. The quantitative estimate of drug-likeness (QED) is 0.269. The number of nitrogens with one attached hydrogen (secondary N) is 4. The fourth-order valence-corrected chi connectivity index (χ4v) is 4.45. The average molecular weight is 519 g/mol. The van der Waals surface area contributed by atoms with Crippen molar-refractivity contribution in [1.82, 2.24) is 20.0 Å². The molecule has 36 heavy (non-hydrogen) atoms. The molecule has 1 saturated heterocycles. The van der Waals surface area contributed by atoms with E-state index in [0.29, 0.717) is 46.6 Å². The van der Waals surface area contributed by atoms with Crippen LogP contribution >= 0.6 is 11.8 Å². The third-order valence-electron chi connectivity index (χ3n) is 5.55. The Morgan fingerprint density at radius 1 is 1.33 bits per heavy atom. The number of imidazole rings is 1. The minimum absolute atomic E-state index is 0.171. The van der Waals surface area contributed by atoms with E-state index in [-0.39, 0.29) is 29.7 Å². The summed E-state index contributed by atoms with van der Waals surface area (Å²) in [5.41, 5.74) is 2.19. The average Bonchev–Trinajstić information content (AvgIpc) is 3.44. The molecule has 3 heterocycles. The summed E-state index contributed by atoms with van der Waals surface area (Å²) in [6.07, 6.45) is 0.559. The Hall–Kier alpha value is -3.56. The molecular formula is C24H25F3N6O2S. The number of thioether (sulfide) groups is 1. The molecule has 2 aromatic heterocycles. The van der Waals surface area contributed by atoms with E-state index in [1.54, 1.807) is 43.6 Å². The van der Waals surface area contributed by atoms with Crippen LogP contribution in [0.25, 0.3) is 5.65 Å². The molecule has 1 aliphatic rings. The molecule has 0 spiro atoms. The summed E-state index contributed by atoms with van der Waals surface area (Å²) in [6.45, 7) is 0.878. The first-order valence-corrected chi connectivity index (χ1v) is 12.0. The lowest BCUT2D eigenvalue weighted by Gasteiger charge is -2.16. The third kappa shape index (κ3) is 5.63. The van der Waals surface area contributed by atoms with Gasteiger partial charge in [-0.15, -0.1) is 0 Å². The highest BCUT2D eigenvalue weighted by Gasteiger charge is 2.27. The number of carbonyl (C=O) groups excluding carboxylic acids is 1. The Kier molecular flexibility index (Phi) is 8.12. The molecule has 8 nitrogen and oxygen atoms in total. The number of pyridine rings is 1. The van der Waals surface area contributed by atoms with Gasteiger partial charge in [0.15, 0.2) is 5.65 Å². The van der Waals surface area contributed by atoms with E-state index in [9.17, 15) is 18.0 Å². The van der Waals surface area contributed by atoms with E-state index < -0.39 is 18.0 Å². The zero-order valence-electron chi connectivity index (χ0n) is 19.6. The number of alkyl halides is 3. The molecule has 4 N–H and O–H groups in total. The topological polar surface area (TPSA) is 91.7 Å². The number of rotatable bonds is 8. The van der Waals surface area contributed by atoms with Gasteiger partial charge in [0.1, 0.15) is 22.6 Å². The molecule has 0 saturated carbocycles. The van der Waals surface area contributed by atoms with Crippen LogP contribution in [0.5, 0.6) is 5.75 Å². The predicted molar refractivity (Wildman–Crippen MR) is 134 cm³/mol. The SMILES string of the molecule is CNC(=O)c1ccc(NCC#Cc2nc3c(N[C@@H]4CNC[C@@H]4F)cccn3c2SC(F)F)c(OC)c1. The molecule has 1 amide bonds. The van der Waals surface area contributed by atoms with Crippen LogP contribution in [-0.2, 0) is 0 Å². The standard InChI is InChI=1S/C24H25F3N6O2S/c1-28-22(34)14-7-8-16(20(11-14)35-2)30-9-3-5-18-23(36-24(26)27)33-10-4-6-17(21(33)32-18)31-19-13-29-12-15(19)25/h4,6-8,10-11,15,19,24,29-31H,9,12-13H2,1-2H3,(H,28,34)/t15-,19+/m0/s1. The van der Waals surface area contributed by atoms with E-state index in [1.807, 2.05) is 0 Å². The van der Waals surface area contributed by atoms with Crippen molar-refractivity contribution >= 4 is 34.7 Å². The number of anilines is 2. The van der Waals surface area contributed by atoms with E-state index in [0.717, 1.165) is 0 Å². The van der Waals surface area contributed by atoms with Crippen molar-refractivity contribution < 1.29 is 22.7 Å². The highest BCUT2D eigenvalue weighted by molar-refractivity contribution is 7.99. The predicted octanol–water partition coefficient (Wildman–Crippen LogP) is 3.20. The number of halogens is 3. The van der Waals surface area contributed by atoms with Crippen molar-refractivity contribution in [3.8, 4) is 17.6 Å². The largest absolute Gasteiger partial charge is 0.495 e. The molecule has 0 unspecified atom stereocenters. The van der Waals surface area contributed by atoms with Gasteiger partial charge in [-0.25, -0.2) is 9.37 Å². The lowest BCUT2D eigenvalue weighted by molar-refractivity contribution is 0.0962. The monoisotopic (exact) mass is 518 g/mol. The molecule has 0 bridgehead atoms.